The van der Waals surface area contributed by atoms with Gasteiger partial charge in [0.15, 0.2) is 5.78 Å². The smallest absolute Gasteiger partial charge is 0.320 e. The number of aliphatic carboxylic acids is 1. The lowest BCUT2D eigenvalue weighted by Crippen LogP contribution is -2.46. The third-order valence-corrected chi connectivity index (χ3v) is 6.16. The van der Waals surface area contributed by atoms with Crippen molar-refractivity contribution < 1.29 is 14.7 Å². The molecule has 6 heteroatoms. The molecule has 0 aromatic heterocycles. The van der Waals surface area contributed by atoms with Gasteiger partial charge in [-0.05, 0) is 66.4 Å². The van der Waals surface area contributed by atoms with Crippen LogP contribution in [-0.4, -0.2) is 49.1 Å². The summed E-state index contributed by atoms with van der Waals surface area (Å²) in [5, 5.41) is 9.09. The van der Waals surface area contributed by atoms with Crippen molar-refractivity contribution in [2.24, 2.45) is 5.73 Å². The molecule has 3 aromatic rings. The molecule has 0 amide bonds. The Balaban J connectivity index is 1.44. The van der Waals surface area contributed by atoms with E-state index in [-0.39, 0.29) is 5.78 Å². The summed E-state index contributed by atoms with van der Waals surface area (Å²) in [5.74, 6) is -0.905. The molecule has 3 aromatic carbocycles. The van der Waals surface area contributed by atoms with Gasteiger partial charge in [0, 0.05) is 43.1 Å². The molecule has 1 fully saturated rings. The van der Waals surface area contributed by atoms with E-state index in [2.05, 4.69) is 34.1 Å². The zero-order chi connectivity index (χ0) is 23.4. The number of carboxylic acid groups (broad SMARTS) is 1. The van der Waals surface area contributed by atoms with Crippen molar-refractivity contribution in [3.63, 3.8) is 0 Å². The van der Waals surface area contributed by atoms with Gasteiger partial charge in [0.05, 0.1) is 0 Å². The quantitative estimate of drug-likeness (QED) is 0.540. The summed E-state index contributed by atoms with van der Waals surface area (Å²) in [7, 11) is 0. The Morgan fingerprint density at radius 2 is 1.42 bits per heavy atom. The number of rotatable bonds is 7. The highest BCUT2D eigenvalue weighted by atomic mass is 16.4. The van der Waals surface area contributed by atoms with Crippen molar-refractivity contribution >= 4 is 23.1 Å². The van der Waals surface area contributed by atoms with E-state index in [4.69, 9.17) is 10.8 Å². The number of carbonyl (C=O) groups excluding carboxylic acids is 1. The van der Waals surface area contributed by atoms with E-state index in [1.165, 1.54) is 5.69 Å². The maximum absolute atomic E-state index is 11.5. The van der Waals surface area contributed by atoms with E-state index in [1.54, 1.807) is 6.92 Å². The second kappa shape index (κ2) is 9.88. The number of hydrogen-bond donors (Lipinski definition) is 2. The minimum Gasteiger partial charge on any atom is -0.480 e. The minimum absolute atomic E-state index is 0.0847. The van der Waals surface area contributed by atoms with Crippen molar-refractivity contribution in [3.8, 4) is 11.1 Å². The average molecular weight is 444 g/mol. The number of carbonyl (C=O) groups is 2. The number of benzene rings is 3. The van der Waals surface area contributed by atoms with Crippen molar-refractivity contribution in [1.29, 1.82) is 0 Å². The largest absolute Gasteiger partial charge is 0.480 e. The Morgan fingerprint density at radius 3 is 2.03 bits per heavy atom. The van der Waals surface area contributed by atoms with Crippen LogP contribution in [0.15, 0.2) is 72.8 Å². The van der Waals surface area contributed by atoms with E-state index < -0.39 is 12.0 Å². The highest BCUT2D eigenvalue weighted by Crippen LogP contribution is 2.27. The normalized spacial score (nSPS) is 14.7. The van der Waals surface area contributed by atoms with Gasteiger partial charge in [0.2, 0.25) is 0 Å². The predicted molar refractivity (Wildman–Crippen MR) is 132 cm³/mol. The lowest BCUT2D eigenvalue weighted by molar-refractivity contribution is -0.138. The van der Waals surface area contributed by atoms with Gasteiger partial charge in [0.1, 0.15) is 6.04 Å². The van der Waals surface area contributed by atoms with E-state index in [1.807, 2.05) is 48.5 Å². The highest BCUT2D eigenvalue weighted by molar-refractivity contribution is 5.94. The fraction of sp³-hybridized carbons (Fsp3) is 0.259. The number of anilines is 2. The first-order valence-corrected chi connectivity index (χ1v) is 11.2. The van der Waals surface area contributed by atoms with Crippen molar-refractivity contribution in [2.75, 3.05) is 36.0 Å². The zero-order valence-corrected chi connectivity index (χ0v) is 18.8. The monoisotopic (exact) mass is 443 g/mol. The maximum atomic E-state index is 11.5. The van der Waals surface area contributed by atoms with Gasteiger partial charge in [-0.15, -0.1) is 0 Å². The number of nitrogens with two attached hydrogens (primary N) is 1. The molecule has 1 aliphatic rings. The Morgan fingerprint density at radius 1 is 0.848 bits per heavy atom. The molecule has 1 heterocycles. The molecule has 3 N–H and O–H groups in total. The van der Waals surface area contributed by atoms with Crippen LogP contribution in [0.1, 0.15) is 22.8 Å². The van der Waals surface area contributed by atoms with Crippen LogP contribution in [0.3, 0.4) is 0 Å². The van der Waals surface area contributed by atoms with Crippen LogP contribution < -0.4 is 15.5 Å². The highest BCUT2D eigenvalue weighted by Gasteiger charge is 2.18. The van der Waals surface area contributed by atoms with Crippen LogP contribution in [-0.2, 0) is 11.2 Å². The standard InChI is InChI=1S/C27H29N3O3/c1-19(31)21-8-10-24(11-9-21)29-12-14-30(15-13-29)25-7-3-6-23(18-25)22-5-2-4-20(16-22)17-26(28)27(32)33/h2-11,16,18,26H,12-15,17,28H2,1H3,(H,32,33). The molecule has 4 rings (SSSR count). The minimum atomic E-state index is -0.990. The summed E-state index contributed by atoms with van der Waals surface area (Å²) in [4.78, 5) is 27.3. The predicted octanol–water partition coefficient (Wildman–Crippen LogP) is 3.84. The number of piperazine rings is 1. The molecule has 170 valence electrons. The Kier molecular flexibility index (Phi) is 6.75. The summed E-state index contributed by atoms with van der Waals surface area (Å²) in [6, 6.07) is 23.3. The fourth-order valence-electron chi connectivity index (χ4n) is 4.23. The van der Waals surface area contributed by atoms with Crippen LogP contribution in [0.2, 0.25) is 0 Å². The first kappa shape index (κ1) is 22.6. The molecule has 0 bridgehead atoms. The molecule has 33 heavy (non-hydrogen) atoms. The molecule has 0 spiro atoms. The summed E-state index contributed by atoms with van der Waals surface area (Å²) in [6.45, 7) is 5.22. The van der Waals surface area contributed by atoms with Gasteiger partial charge in [-0.2, -0.15) is 0 Å². The zero-order valence-electron chi connectivity index (χ0n) is 18.8. The first-order chi connectivity index (χ1) is 15.9. The Labute approximate surface area is 194 Å². The van der Waals surface area contributed by atoms with E-state index in [0.717, 1.165) is 54.1 Å². The Hall–Kier alpha value is -3.64. The van der Waals surface area contributed by atoms with Gasteiger partial charge in [-0.1, -0.05) is 36.4 Å². The number of nitrogens with zero attached hydrogens (tertiary/aromatic N) is 2. The third kappa shape index (κ3) is 5.41. The van der Waals surface area contributed by atoms with Crippen LogP contribution in [0.5, 0.6) is 0 Å². The summed E-state index contributed by atoms with van der Waals surface area (Å²) >= 11 is 0. The van der Waals surface area contributed by atoms with Gasteiger partial charge >= 0.3 is 5.97 Å². The van der Waals surface area contributed by atoms with E-state index in [9.17, 15) is 9.59 Å². The molecule has 1 atom stereocenters. The van der Waals surface area contributed by atoms with Crippen LogP contribution in [0, 0.1) is 0 Å². The number of carboxylic acids is 1. The number of Topliss-reactive ketones (excluding diaryl/α,β-unsaturated/α-hetero) is 1. The molecule has 0 radical (unpaired) electrons. The van der Waals surface area contributed by atoms with Gasteiger partial charge in [-0.25, -0.2) is 0 Å². The molecule has 1 aliphatic heterocycles. The van der Waals surface area contributed by atoms with E-state index in [0.29, 0.717) is 6.42 Å². The van der Waals surface area contributed by atoms with Crippen LogP contribution >= 0.6 is 0 Å². The van der Waals surface area contributed by atoms with E-state index >= 15 is 0 Å². The second-order valence-corrected chi connectivity index (χ2v) is 8.48. The maximum Gasteiger partial charge on any atom is 0.320 e. The second-order valence-electron chi connectivity index (χ2n) is 8.48. The SMILES string of the molecule is CC(=O)c1ccc(N2CCN(c3cccc(-c4cccc(CC(N)C(=O)O)c4)c3)CC2)cc1. The topological polar surface area (TPSA) is 86.9 Å². The van der Waals surface area contributed by atoms with Gasteiger partial charge in [-0.3, -0.25) is 9.59 Å². The molecular formula is C27H29N3O3. The van der Waals surface area contributed by atoms with Crippen LogP contribution in [0.4, 0.5) is 11.4 Å². The van der Waals surface area contributed by atoms with Crippen molar-refractivity contribution in [3.05, 3.63) is 83.9 Å². The molecule has 0 saturated carbocycles. The van der Waals surface area contributed by atoms with Crippen molar-refractivity contribution in [2.45, 2.75) is 19.4 Å². The number of ketones is 1. The lowest BCUT2D eigenvalue weighted by Gasteiger charge is -2.37. The van der Waals surface area contributed by atoms with Crippen LogP contribution in [0.25, 0.3) is 11.1 Å². The molecular weight excluding hydrogens is 414 g/mol. The van der Waals surface area contributed by atoms with Crippen molar-refractivity contribution in [1.82, 2.24) is 0 Å². The molecule has 0 aliphatic carbocycles. The molecule has 1 saturated heterocycles. The number of hydrogen-bond acceptors (Lipinski definition) is 5. The van der Waals surface area contributed by atoms with Gasteiger partial charge in [0.25, 0.3) is 0 Å². The Bertz CT molecular complexity index is 1140. The fourth-order valence-corrected chi connectivity index (χ4v) is 4.23. The first-order valence-electron chi connectivity index (χ1n) is 11.2. The molecule has 1 unspecified atom stereocenters. The average Bonchev–Trinajstić information content (AvgIpc) is 2.84. The summed E-state index contributed by atoms with van der Waals surface area (Å²) in [6.07, 6.45) is 0.304. The summed E-state index contributed by atoms with van der Waals surface area (Å²) < 4.78 is 0. The third-order valence-electron chi connectivity index (χ3n) is 6.16. The lowest BCUT2D eigenvalue weighted by atomic mass is 9.99. The molecule has 6 nitrogen and oxygen atoms in total. The summed E-state index contributed by atoms with van der Waals surface area (Å²) in [5.41, 5.74) is 11.8. The van der Waals surface area contributed by atoms with Gasteiger partial charge < -0.3 is 20.6 Å².